The summed E-state index contributed by atoms with van der Waals surface area (Å²) in [6, 6.07) is 9.56. The number of hydrogen-bond acceptors (Lipinski definition) is 6. The number of nitrogens with zero attached hydrogens (tertiary/aromatic N) is 2. The summed E-state index contributed by atoms with van der Waals surface area (Å²) in [7, 11) is -3.76. The van der Waals surface area contributed by atoms with Crippen LogP contribution >= 0.6 is 23.2 Å². The molecule has 0 atom stereocenters. The third-order valence-corrected chi connectivity index (χ3v) is 5.89. The van der Waals surface area contributed by atoms with Gasteiger partial charge in [0.25, 0.3) is 5.91 Å². The van der Waals surface area contributed by atoms with Crippen LogP contribution in [0.4, 0.5) is 5.69 Å². The molecule has 0 saturated heterocycles. The van der Waals surface area contributed by atoms with E-state index >= 15 is 0 Å². The van der Waals surface area contributed by atoms with E-state index in [1.165, 1.54) is 24.4 Å². The zero-order valence-electron chi connectivity index (χ0n) is 18.0. The van der Waals surface area contributed by atoms with Crippen molar-refractivity contribution in [2.24, 2.45) is 5.10 Å². The fourth-order valence-electron chi connectivity index (χ4n) is 2.59. The van der Waals surface area contributed by atoms with Crippen LogP contribution in [0.1, 0.15) is 25.8 Å². The maximum atomic E-state index is 12.3. The van der Waals surface area contributed by atoms with Crippen molar-refractivity contribution in [1.29, 1.82) is 0 Å². The molecule has 8 nitrogen and oxygen atoms in total. The Morgan fingerprint density at radius 3 is 2.47 bits per heavy atom. The molecule has 1 N–H and O–H groups in total. The van der Waals surface area contributed by atoms with E-state index in [0.717, 1.165) is 17.0 Å². The summed E-state index contributed by atoms with van der Waals surface area (Å²) in [5, 5.41) is 4.35. The summed E-state index contributed by atoms with van der Waals surface area (Å²) in [6.45, 7) is 4.43. The van der Waals surface area contributed by atoms with Gasteiger partial charge in [0, 0.05) is 0 Å². The number of hydrazone groups is 1. The lowest BCUT2D eigenvalue weighted by Crippen LogP contribution is -2.39. The Morgan fingerprint density at radius 2 is 1.84 bits per heavy atom. The van der Waals surface area contributed by atoms with E-state index in [4.69, 9.17) is 32.7 Å². The van der Waals surface area contributed by atoms with Gasteiger partial charge in [0.05, 0.1) is 41.4 Å². The molecule has 0 saturated carbocycles. The van der Waals surface area contributed by atoms with Crippen LogP contribution in [0.2, 0.25) is 10.0 Å². The minimum Gasteiger partial charge on any atom is -0.490 e. The number of anilines is 1. The van der Waals surface area contributed by atoms with E-state index in [1.54, 1.807) is 18.2 Å². The molecule has 2 aromatic carbocycles. The second kappa shape index (κ2) is 11.9. The van der Waals surface area contributed by atoms with Crippen molar-refractivity contribution in [3.8, 4) is 11.5 Å². The van der Waals surface area contributed by atoms with Gasteiger partial charge in [0.15, 0.2) is 11.5 Å². The Kier molecular flexibility index (Phi) is 9.61. The van der Waals surface area contributed by atoms with Crippen molar-refractivity contribution in [1.82, 2.24) is 5.43 Å². The van der Waals surface area contributed by atoms with Crippen molar-refractivity contribution in [3.63, 3.8) is 0 Å². The van der Waals surface area contributed by atoms with E-state index in [0.29, 0.717) is 30.3 Å². The SMILES string of the molecule is CCCOc1ccc(/C=N\NC(=O)CN(c2ccc(Cl)c(Cl)c2)S(C)(=O)=O)cc1OCC. The number of nitrogens with one attached hydrogen (secondary N) is 1. The lowest BCUT2D eigenvalue weighted by atomic mass is 10.2. The van der Waals surface area contributed by atoms with Gasteiger partial charge < -0.3 is 9.47 Å². The van der Waals surface area contributed by atoms with Gasteiger partial charge in [0.2, 0.25) is 10.0 Å². The molecular formula is C21H25Cl2N3O5S. The van der Waals surface area contributed by atoms with Crippen LogP contribution in [0.15, 0.2) is 41.5 Å². The van der Waals surface area contributed by atoms with Gasteiger partial charge in [-0.25, -0.2) is 13.8 Å². The van der Waals surface area contributed by atoms with Crippen LogP contribution in [0, 0.1) is 0 Å². The standard InChI is InChI=1S/C21H25Cl2N3O5S/c1-4-10-31-19-9-6-15(11-20(19)30-5-2)13-24-25-21(27)14-26(32(3,28)29)16-7-8-17(22)18(23)12-16/h6-9,11-13H,4-5,10,14H2,1-3H3,(H,25,27)/b24-13-. The molecule has 174 valence electrons. The molecule has 0 aliphatic heterocycles. The molecule has 2 rings (SSSR count). The lowest BCUT2D eigenvalue weighted by Gasteiger charge is -2.21. The molecule has 0 aliphatic carbocycles. The summed E-state index contributed by atoms with van der Waals surface area (Å²) in [5.41, 5.74) is 3.20. The molecule has 0 unspecified atom stereocenters. The normalized spacial score (nSPS) is 11.4. The Bertz CT molecular complexity index is 1080. The number of hydrogen-bond donors (Lipinski definition) is 1. The van der Waals surface area contributed by atoms with Crippen molar-refractivity contribution in [2.75, 3.05) is 30.3 Å². The molecule has 0 radical (unpaired) electrons. The van der Waals surface area contributed by atoms with Crippen LogP contribution in [-0.2, 0) is 14.8 Å². The topological polar surface area (TPSA) is 97.3 Å². The number of halogens is 2. The van der Waals surface area contributed by atoms with Crippen LogP contribution < -0.4 is 19.2 Å². The highest BCUT2D eigenvalue weighted by atomic mass is 35.5. The fourth-order valence-corrected chi connectivity index (χ4v) is 3.73. The van der Waals surface area contributed by atoms with Gasteiger partial charge in [-0.2, -0.15) is 5.10 Å². The lowest BCUT2D eigenvalue weighted by molar-refractivity contribution is -0.119. The molecule has 32 heavy (non-hydrogen) atoms. The van der Waals surface area contributed by atoms with Gasteiger partial charge in [0.1, 0.15) is 6.54 Å². The summed E-state index contributed by atoms with van der Waals surface area (Å²) < 4.78 is 36.5. The first-order chi connectivity index (χ1) is 15.2. The number of carbonyl (C=O) groups excluding carboxylic acids is 1. The molecule has 0 aromatic heterocycles. The van der Waals surface area contributed by atoms with Gasteiger partial charge in [-0.3, -0.25) is 9.10 Å². The molecular weight excluding hydrogens is 477 g/mol. The van der Waals surface area contributed by atoms with Crippen molar-refractivity contribution < 1.29 is 22.7 Å². The Balaban J connectivity index is 2.09. The largest absolute Gasteiger partial charge is 0.490 e. The molecule has 2 aromatic rings. The third-order valence-electron chi connectivity index (χ3n) is 4.01. The van der Waals surface area contributed by atoms with Gasteiger partial charge in [-0.15, -0.1) is 0 Å². The van der Waals surface area contributed by atoms with Crippen molar-refractivity contribution in [3.05, 3.63) is 52.0 Å². The molecule has 0 fully saturated rings. The summed E-state index contributed by atoms with van der Waals surface area (Å²) >= 11 is 11.9. The van der Waals surface area contributed by atoms with E-state index < -0.39 is 22.5 Å². The highest BCUT2D eigenvalue weighted by Gasteiger charge is 2.21. The second-order valence-corrected chi connectivity index (χ2v) is 9.37. The Morgan fingerprint density at radius 1 is 1.09 bits per heavy atom. The first-order valence-corrected chi connectivity index (χ1v) is 12.4. The van der Waals surface area contributed by atoms with Gasteiger partial charge >= 0.3 is 0 Å². The highest BCUT2D eigenvalue weighted by molar-refractivity contribution is 7.92. The monoisotopic (exact) mass is 501 g/mol. The Labute approximate surface area is 198 Å². The highest BCUT2D eigenvalue weighted by Crippen LogP contribution is 2.29. The zero-order valence-corrected chi connectivity index (χ0v) is 20.3. The molecule has 0 bridgehead atoms. The van der Waals surface area contributed by atoms with Crippen LogP contribution in [0.3, 0.4) is 0 Å². The van der Waals surface area contributed by atoms with Crippen LogP contribution in [0.25, 0.3) is 0 Å². The molecule has 0 heterocycles. The van der Waals surface area contributed by atoms with E-state index in [9.17, 15) is 13.2 Å². The number of amides is 1. The maximum absolute atomic E-state index is 12.3. The number of rotatable bonds is 11. The molecule has 0 aliphatic rings. The average Bonchev–Trinajstić information content (AvgIpc) is 2.73. The zero-order chi connectivity index (χ0) is 23.7. The van der Waals surface area contributed by atoms with Gasteiger partial charge in [-0.05, 0) is 55.3 Å². The number of sulfonamides is 1. The first-order valence-electron chi connectivity index (χ1n) is 9.80. The van der Waals surface area contributed by atoms with Gasteiger partial charge in [-0.1, -0.05) is 30.1 Å². The minimum absolute atomic E-state index is 0.174. The quantitative estimate of drug-likeness (QED) is 0.369. The third kappa shape index (κ3) is 7.58. The second-order valence-electron chi connectivity index (χ2n) is 6.65. The predicted molar refractivity (Wildman–Crippen MR) is 128 cm³/mol. The number of ether oxygens (including phenoxy) is 2. The van der Waals surface area contributed by atoms with E-state index in [2.05, 4.69) is 10.5 Å². The van der Waals surface area contributed by atoms with Crippen molar-refractivity contribution >= 4 is 51.0 Å². The number of carbonyl (C=O) groups is 1. The minimum atomic E-state index is -3.76. The number of benzene rings is 2. The summed E-state index contributed by atoms with van der Waals surface area (Å²) in [4.78, 5) is 12.3. The maximum Gasteiger partial charge on any atom is 0.260 e. The predicted octanol–water partition coefficient (Wildman–Crippen LogP) is 4.10. The summed E-state index contributed by atoms with van der Waals surface area (Å²) in [6.07, 6.45) is 3.28. The van der Waals surface area contributed by atoms with E-state index in [-0.39, 0.29) is 15.7 Å². The van der Waals surface area contributed by atoms with E-state index in [1.807, 2.05) is 13.8 Å². The van der Waals surface area contributed by atoms with Crippen molar-refractivity contribution in [2.45, 2.75) is 20.3 Å². The summed E-state index contributed by atoms with van der Waals surface area (Å²) in [5.74, 6) is 0.560. The molecule has 0 spiro atoms. The van der Waals surface area contributed by atoms with Crippen LogP contribution in [0.5, 0.6) is 11.5 Å². The molecule has 1 amide bonds. The average molecular weight is 502 g/mol. The molecule has 11 heteroatoms. The van der Waals surface area contributed by atoms with Crippen LogP contribution in [-0.4, -0.2) is 46.6 Å². The Hall–Kier alpha value is -2.49. The fraction of sp³-hybridized carbons (Fsp3) is 0.333. The first kappa shape index (κ1) is 25.8. The smallest absolute Gasteiger partial charge is 0.260 e.